The molecule has 0 fully saturated rings. The van der Waals surface area contributed by atoms with Gasteiger partial charge in [-0.3, -0.25) is 4.79 Å². The first kappa shape index (κ1) is 14.3. The zero-order valence-corrected chi connectivity index (χ0v) is 12.0. The van der Waals surface area contributed by atoms with Crippen molar-refractivity contribution in [2.75, 3.05) is 0 Å². The van der Waals surface area contributed by atoms with Crippen molar-refractivity contribution in [1.82, 2.24) is 0 Å². The molecule has 0 saturated carbocycles. The first-order valence-corrected chi connectivity index (χ1v) is 6.92. The first-order valence-electron chi connectivity index (χ1n) is 6.10. The fourth-order valence-electron chi connectivity index (χ4n) is 1.93. The number of hydrogen-bond acceptors (Lipinski definition) is 3. The normalized spacial score (nSPS) is 11.6. The van der Waals surface area contributed by atoms with Gasteiger partial charge in [0.2, 0.25) is 0 Å². The Labute approximate surface area is 121 Å². The molecule has 0 unspecified atom stereocenters. The van der Waals surface area contributed by atoms with Crippen LogP contribution in [0.4, 0.5) is 0 Å². The van der Waals surface area contributed by atoms with Gasteiger partial charge in [0.15, 0.2) is 5.12 Å². The van der Waals surface area contributed by atoms with Crippen molar-refractivity contribution in [2.24, 2.45) is 0 Å². The number of fused-ring (bicyclic) bond motifs is 1. The van der Waals surface area contributed by atoms with Gasteiger partial charge in [0, 0.05) is 17.4 Å². The van der Waals surface area contributed by atoms with E-state index in [1.807, 2.05) is 36.4 Å². The average Bonchev–Trinajstić information content (AvgIpc) is 2.38. The summed E-state index contributed by atoms with van der Waals surface area (Å²) in [6.07, 6.45) is 1.65. The summed E-state index contributed by atoms with van der Waals surface area (Å²) < 4.78 is 0. The van der Waals surface area contributed by atoms with Crippen molar-refractivity contribution in [3.63, 3.8) is 0 Å². The van der Waals surface area contributed by atoms with Crippen LogP contribution in [0.15, 0.2) is 46.9 Å². The summed E-state index contributed by atoms with van der Waals surface area (Å²) in [7, 11) is 0. The molecule has 0 heterocycles. The predicted molar refractivity (Wildman–Crippen MR) is 81.8 cm³/mol. The third-order valence-corrected chi connectivity index (χ3v) is 3.64. The lowest BCUT2D eigenvalue weighted by Crippen LogP contribution is -1.95. The lowest BCUT2D eigenvalue weighted by molar-refractivity contribution is -0.132. The van der Waals surface area contributed by atoms with Crippen LogP contribution >= 0.6 is 11.8 Å². The molecule has 2 aromatic carbocycles. The second kappa shape index (κ2) is 5.92. The Bertz CT molecular complexity index is 717. The molecule has 0 bridgehead atoms. The molecule has 2 rings (SSSR count). The molecule has 102 valence electrons. The van der Waals surface area contributed by atoms with Crippen LogP contribution < -0.4 is 0 Å². The van der Waals surface area contributed by atoms with Crippen molar-refractivity contribution in [3.8, 4) is 0 Å². The molecule has 3 nitrogen and oxygen atoms in total. The van der Waals surface area contributed by atoms with E-state index in [0.29, 0.717) is 0 Å². The van der Waals surface area contributed by atoms with E-state index in [2.05, 4.69) is 0 Å². The average molecular weight is 286 g/mol. The van der Waals surface area contributed by atoms with Crippen molar-refractivity contribution < 1.29 is 14.7 Å². The third kappa shape index (κ3) is 3.27. The number of carbonyl (C=O) groups excluding carboxylic acids is 1. The smallest absolute Gasteiger partial charge is 0.331 e. The van der Waals surface area contributed by atoms with Gasteiger partial charge >= 0.3 is 5.97 Å². The SMILES string of the molecule is CC(=O)Sc1ccc2cccc(/C=C(\C)C(=O)O)c2c1. The highest BCUT2D eigenvalue weighted by Gasteiger charge is 2.05. The third-order valence-electron chi connectivity index (χ3n) is 2.86. The van der Waals surface area contributed by atoms with Crippen LogP contribution in [0, 0.1) is 0 Å². The topological polar surface area (TPSA) is 54.4 Å². The highest BCUT2D eigenvalue weighted by atomic mass is 32.2. The van der Waals surface area contributed by atoms with Gasteiger partial charge in [0.25, 0.3) is 0 Å². The summed E-state index contributed by atoms with van der Waals surface area (Å²) in [4.78, 5) is 23.0. The quantitative estimate of drug-likeness (QED) is 0.685. The predicted octanol–water partition coefficient (Wildman–Crippen LogP) is 3.97. The Morgan fingerprint density at radius 3 is 2.55 bits per heavy atom. The zero-order chi connectivity index (χ0) is 14.7. The van der Waals surface area contributed by atoms with Crippen LogP contribution in [0.25, 0.3) is 16.8 Å². The fourth-order valence-corrected chi connectivity index (χ4v) is 2.57. The minimum Gasteiger partial charge on any atom is -0.478 e. The maximum atomic E-state index is 11.2. The summed E-state index contributed by atoms with van der Waals surface area (Å²) in [5.74, 6) is -0.934. The Hall–Kier alpha value is -2.07. The maximum absolute atomic E-state index is 11.2. The Morgan fingerprint density at radius 1 is 1.15 bits per heavy atom. The lowest BCUT2D eigenvalue weighted by atomic mass is 10.0. The van der Waals surface area contributed by atoms with Gasteiger partial charge in [0.05, 0.1) is 0 Å². The van der Waals surface area contributed by atoms with Gasteiger partial charge in [-0.15, -0.1) is 0 Å². The molecule has 0 spiro atoms. The summed E-state index contributed by atoms with van der Waals surface area (Å²) >= 11 is 1.17. The van der Waals surface area contributed by atoms with Crippen LogP contribution in [0.1, 0.15) is 19.4 Å². The maximum Gasteiger partial charge on any atom is 0.331 e. The number of thioether (sulfide) groups is 1. The van der Waals surface area contributed by atoms with Gasteiger partial charge in [0.1, 0.15) is 0 Å². The molecule has 0 saturated heterocycles. The Kier molecular flexibility index (Phi) is 4.25. The van der Waals surface area contributed by atoms with Gasteiger partial charge in [-0.05, 0) is 41.5 Å². The molecule has 2 aromatic rings. The fraction of sp³-hybridized carbons (Fsp3) is 0.125. The standard InChI is InChI=1S/C16H14O3S/c1-10(16(18)19)8-13-5-3-4-12-6-7-14(9-15(12)13)20-11(2)17/h3-9H,1-2H3,(H,18,19)/b10-8+. The minimum absolute atomic E-state index is 0.0269. The van der Waals surface area contributed by atoms with Crippen LogP contribution in [0.3, 0.4) is 0 Å². The molecule has 0 radical (unpaired) electrons. The van der Waals surface area contributed by atoms with Crippen LogP contribution in [-0.4, -0.2) is 16.2 Å². The molecule has 0 atom stereocenters. The van der Waals surface area contributed by atoms with E-state index in [0.717, 1.165) is 21.2 Å². The Morgan fingerprint density at radius 2 is 1.90 bits per heavy atom. The van der Waals surface area contributed by atoms with Crippen LogP contribution in [0.5, 0.6) is 0 Å². The van der Waals surface area contributed by atoms with Crippen molar-refractivity contribution in [2.45, 2.75) is 18.7 Å². The van der Waals surface area contributed by atoms with Crippen molar-refractivity contribution in [3.05, 3.63) is 47.5 Å². The number of carbonyl (C=O) groups is 2. The number of carboxylic acid groups (broad SMARTS) is 1. The molecular weight excluding hydrogens is 272 g/mol. The molecule has 0 aromatic heterocycles. The van der Waals surface area contributed by atoms with E-state index in [4.69, 9.17) is 5.11 Å². The van der Waals surface area contributed by atoms with Crippen LogP contribution in [-0.2, 0) is 9.59 Å². The van der Waals surface area contributed by atoms with E-state index in [9.17, 15) is 9.59 Å². The lowest BCUT2D eigenvalue weighted by Gasteiger charge is -2.05. The zero-order valence-electron chi connectivity index (χ0n) is 11.2. The minimum atomic E-state index is -0.934. The number of carboxylic acids is 1. The van der Waals surface area contributed by atoms with Crippen LogP contribution in [0.2, 0.25) is 0 Å². The number of aliphatic carboxylic acids is 1. The van der Waals surface area contributed by atoms with E-state index in [1.165, 1.54) is 18.7 Å². The van der Waals surface area contributed by atoms with E-state index in [1.54, 1.807) is 13.0 Å². The second-order valence-corrected chi connectivity index (χ2v) is 5.71. The monoisotopic (exact) mass is 286 g/mol. The van der Waals surface area contributed by atoms with Crippen molar-refractivity contribution in [1.29, 1.82) is 0 Å². The highest BCUT2D eigenvalue weighted by molar-refractivity contribution is 8.13. The molecule has 0 aliphatic heterocycles. The molecule has 1 N–H and O–H groups in total. The molecule has 4 heteroatoms. The number of benzene rings is 2. The van der Waals surface area contributed by atoms with Gasteiger partial charge in [-0.25, -0.2) is 4.79 Å². The van der Waals surface area contributed by atoms with Gasteiger partial charge in [-0.1, -0.05) is 36.0 Å². The molecule has 20 heavy (non-hydrogen) atoms. The second-order valence-electron chi connectivity index (χ2n) is 4.46. The molecule has 0 aliphatic carbocycles. The van der Waals surface area contributed by atoms with Crippen molar-refractivity contribution >= 4 is 39.7 Å². The number of rotatable bonds is 3. The Balaban J connectivity index is 2.57. The van der Waals surface area contributed by atoms with E-state index in [-0.39, 0.29) is 10.7 Å². The summed E-state index contributed by atoms with van der Waals surface area (Å²) in [5, 5.41) is 11.0. The van der Waals surface area contributed by atoms with E-state index < -0.39 is 5.97 Å². The van der Waals surface area contributed by atoms with E-state index >= 15 is 0 Å². The molecule has 0 aliphatic rings. The summed E-state index contributed by atoms with van der Waals surface area (Å²) in [6, 6.07) is 11.5. The largest absolute Gasteiger partial charge is 0.478 e. The molecule has 0 amide bonds. The van der Waals surface area contributed by atoms with Gasteiger partial charge in [-0.2, -0.15) is 0 Å². The summed E-state index contributed by atoms with van der Waals surface area (Å²) in [5.41, 5.74) is 1.12. The van der Waals surface area contributed by atoms with Gasteiger partial charge < -0.3 is 5.11 Å². The highest BCUT2D eigenvalue weighted by Crippen LogP contribution is 2.27. The number of hydrogen-bond donors (Lipinski definition) is 1. The first-order chi connectivity index (χ1) is 9.47. The summed E-state index contributed by atoms with van der Waals surface area (Å²) in [6.45, 7) is 3.09. The molecular formula is C16H14O3S.